The van der Waals surface area contributed by atoms with E-state index in [9.17, 15) is 10.2 Å². The Balaban J connectivity index is 2.99. The number of rotatable bonds is 8. The van der Waals surface area contributed by atoms with E-state index >= 15 is 0 Å². The van der Waals surface area contributed by atoms with E-state index in [-0.39, 0.29) is 5.92 Å². The van der Waals surface area contributed by atoms with Crippen LogP contribution in [0.2, 0.25) is 0 Å². The van der Waals surface area contributed by atoms with E-state index in [1.165, 1.54) is 5.56 Å². The second-order valence-electron chi connectivity index (χ2n) is 6.88. The van der Waals surface area contributed by atoms with Crippen LogP contribution in [0, 0.1) is 19.8 Å². The molecular weight excluding hydrogens is 276 g/mol. The summed E-state index contributed by atoms with van der Waals surface area (Å²) in [6.07, 6.45) is -0.250. The number of hydrogen-bond acceptors (Lipinski definition) is 3. The molecule has 0 fully saturated rings. The van der Waals surface area contributed by atoms with Crippen molar-refractivity contribution in [2.24, 2.45) is 5.92 Å². The third-order valence-electron chi connectivity index (χ3n) is 4.00. The molecule has 0 saturated heterocycles. The van der Waals surface area contributed by atoms with E-state index in [0.29, 0.717) is 25.4 Å². The molecule has 0 radical (unpaired) electrons. The Labute approximate surface area is 135 Å². The van der Waals surface area contributed by atoms with Crippen LogP contribution in [0.3, 0.4) is 0 Å². The van der Waals surface area contributed by atoms with Gasteiger partial charge in [-0.2, -0.15) is 0 Å². The quantitative estimate of drug-likeness (QED) is 0.764. The van der Waals surface area contributed by atoms with Gasteiger partial charge >= 0.3 is 0 Å². The van der Waals surface area contributed by atoms with Gasteiger partial charge in [0.15, 0.2) is 0 Å². The Morgan fingerprint density at radius 1 is 1.05 bits per heavy atom. The Kier molecular flexibility index (Phi) is 7.37. The topological polar surface area (TPSA) is 49.7 Å². The number of benzene rings is 1. The average Bonchev–Trinajstić information content (AvgIpc) is 2.44. The highest BCUT2D eigenvalue weighted by molar-refractivity contribution is 5.45. The van der Waals surface area contributed by atoms with Gasteiger partial charge in [0.1, 0.15) is 5.75 Å². The van der Waals surface area contributed by atoms with E-state index in [4.69, 9.17) is 4.74 Å². The third-order valence-corrected chi connectivity index (χ3v) is 4.00. The lowest BCUT2D eigenvalue weighted by Crippen LogP contribution is -2.26. The molecule has 1 aromatic rings. The molecule has 0 aromatic heterocycles. The molecule has 0 aliphatic heterocycles. The van der Waals surface area contributed by atoms with Gasteiger partial charge in [0.05, 0.1) is 18.8 Å². The number of aliphatic hydroxyl groups is 2. The van der Waals surface area contributed by atoms with Crippen LogP contribution in [0.1, 0.15) is 63.1 Å². The smallest absolute Gasteiger partial charge is 0.125 e. The highest BCUT2D eigenvalue weighted by Gasteiger charge is 2.22. The highest BCUT2D eigenvalue weighted by atomic mass is 16.5. The first-order chi connectivity index (χ1) is 10.3. The number of aryl methyl sites for hydroxylation is 2. The van der Waals surface area contributed by atoms with Crippen molar-refractivity contribution in [2.75, 3.05) is 6.61 Å². The predicted molar refractivity (Wildman–Crippen MR) is 91.6 cm³/mol. The minimum absolute atomic E-state index is 0.136. The van der Waals surface area contributed by atoms with E-state index in [1.54, 1.807) is 0 Å². The van der Waals surface area contributed by atoms with Crippen LogP contribution in [0.25, 0.3) is 0 Å². The van der Waals surface area contributed by atoms with Crippen LogP contribution in [-0.4, -0.2) is 29.0 Å². The van der Waals surface area contributed by atoms with Crippen LogP contribution in [0.5, 0.6) is 5.75 Å². The summed E-state index contributed by atoms with van der Waals surface area (Å²) >= 11 is 0. The molecular formula is C19H32O3. The van der Waals surface area contributed by atoms with Crippen LogP contribution < -0.4 is 4.74 Å². The van der Waals surface area contributed by atoms with Crippen LogP contribution in [-0.2, 0) is 0 Å². The summed E-state index contributed by atoms with van der Waals surface area (Å²) in [5.74, 6) is 1.54. The minimum Gasteiger partial charge on any atom is -0.493 e. The fraction of sp³-hybridized carbons (Fsp3) is 0.684. The molecule has 1 aromatic carbocycles. The molecule has 126 valence electrons. The second kappa shape index (κ2) is 8.54. The molecule has 0 saturated carbocycles. The van der Waals surface area contributed by atoms with E-state index < -0.39 is 12.2 Å². The summed E-state index contributed by atoms with van der Waals surface area (Å²) in [5, 5.41) is 19.9. The maximum Gasteiger partial charge on any atom is 0.125 e. The van der Waals surface area contributed by atoms with Crippen molar-refractivity contribution >= 4 is 0 Å². The van der Waals surface area contributed by atoms with Crippen molar-refractivity contribution in [3.63, 3.8) is 0 Å². The zero-order valence-corrected chi connectivity index (χ0v) is 14.9. The van der Waals surface area contributed by atoms with Gasteiger partial charge in [-0.15, -0.1) is 0 Å². The molecule has 0 spiro atoms. The van der Waals surface area contributed by atoms with E-state index in [0.717, 1.165) is 16.9 Å². The molecule has 3 atom stereocenters. The normalized spacial score (nSPS) is 15.7. The maximum atomic E-state index is 10.1. The predicted octanol–water partition coefficient (Wildman–Crippen LogP) is 3.96. The summed E-state index contributed by atoms with van der Waals surface area (Å²) in [4.78, 5) is 0. The van der Waals surface area contributed by atoms with E-state index in [2.05, 4.69) is 46.8 Å². The summed E-state index contributed by atoms with van der Waals surface area (Å²) in [5.41, 5.74) is 3.45. The standard InChI is InChI=1S/C19H32O3/c1-7-17(20)18(21)10-14(5)16-9-13(4)8-15(6)19(16)22-11-12(2)3/h8-9,12,14,17-18,20-21H,7,10-11H2,1-6H3. The molecule has 3 heteroatoms. The van der Waals surface area contributed by atoms with Gasteiger partial charge in [-0.25, -0.2) is 0 Å². The van der Waals surface area contributed by atoms with Gasteiger partial charge in [0.2, 0.25) is 0 Å². The maximum absolute atomic E-state index is 10.1. The van der Waals surface area contributed by atoms with Crippen molar-refractivity contribution in [1.29, 1.82) is 0 Å². The molecule has 0 bridgehead atoms. The lowest BCUT2D eigenvalue weighted by Gasteiger charge is -2.24. The van der Waals surface area contributed by atoms with Gasteiger partial charge < -0.3 is 14.9 Å². The first-order valence-corrected chi connectivity index (χ1v) is 8.36. The van der Waals surface area contributed by atoms with Gasteiger partial charge in [0.25, 0.3) is 0 Å². The lowest BCUT2D eigenvalue weighted by atomic mass is 9.89. The molecule has 3 nitrogen and oxygen atoms in total. The Hall–Kier alpha value is -1.06. The summed E-state index contributed by atoms with van der Waals surface area (Å²) in [6, 6.07) is 4.27. The van der Waals surface area contributed by atoms with Crippen molar-refractivity contribution < 1.29 is 14.9 Å². The van der Waals surface area contributed by atoms with Crippen LogP contribution >= 0.6 is 0 Å². The fourth-order valence-corrected chi connectivity index (χ4v) is 2.72. The van der Waals surface area contributed by atoms with Gasteiger partial charge in [-0.05, 0) is 49.7 Å². The SMILES string of the molecule is CCC(O)C(O)CC(C)c1cc(C)cc(C)c1OCC(C)C. The zero-order chi connectivity index (χ0) is 16.9. The zero-order valence-electron chi connectivity index (χ0n) is 14.9. The molecule has 1 rings (SSSR count). The number of ether oxygens (including phenoxy) is 1. The second-order valence-corrected chi connectivity index (χ2v) is 6.88. The van der Waals surface area contributed by atoms with E-state index in [1.807, 2.05) is 6.92 Å². The third kappa shape index (κ3) is 5.29. The molecule has 0 aliphatic carbocycles. The van der Waals surface area contributed by atoms with Gasteiger partial charge in [-0.3, -0.25) is 0 Å². The molecule has 0 amide bonds. The first kappa shape index (κ1) is 19.0. The largest absolute Gasteiger partial charge is 0.493 e. The number of hydrogen-bond donors (Lipinski definition) is 2. The molecule has 0 heterocycles. The van der Waals surface area contributed by atoms with Crippen molar-refractivity contribution in [3.8, 4) is 5.75 Å². The Morgan fingerprint density at radius 2 is 1.68 bits per heavy atom. The van der Waals surface area contributed by atoms with Crippen molar-refractivity contribution in [1.82, 2.24) is 0 Å². The fourth-order valence-electron chi connectivity index (χ4n) is 2.72. The van der Waals surface area contributed by atoms with Crippen LogP contribution in [0.4, 0.5) is 0 Å². The monoisotopic (exact) mass is 308 g/mol. The van der Waals surface area contributed by atoms with Gasteiger partial charge in [0, 0.05) is 0 Å². The summed E-state index contributed by atoms with van der Waals surface area (Å²) in [6.45, 7) is 13.1. The van der Waals surface area contributed by atoms with Crippen molar-refractivity contribution in [3.05, 3.63) is 28.8 Å². The number of aliphatic hydroxyl groups excluding tert-OH is 2. The van der Waals surface area contributed by atoms with Gasteiger partial charge in [-0.1, -0.05) is 45.4 Å². The molecule has 22 heavy (non-hydrogen) atoms. The lowest BCUT2D eigenvalue weighted by molar-refractivity contribution is 0.00939. The summed E-state index contributed by atoms with van der Waals surface area (Å²) in [7, 11) is 0. The highest BCUT2D eigenvalue weighted by Crippen LogP contribution is 2.34. The Morgan fingerprint density at radius 3 is 2.23 bits per heavy atom. The molecule has 3 unspecified atom stereocenters. The van der Waals surface area contributed by atoms with Crippen molar-refractivity contribution in [2.45, 2.75) is 72.5 Å². The summed E-state index contributed by atoms with van der Waals surface area (Å²) < 4.78 is 6.03. The minimum atomic E-state index is -0.696. The van der Waals surface area contributed by atoms with Crippen LogP contribution in [0.15, 0.2) is 12.1 Å². The Bertz CT molecular complexity index is 468. The average molecular weight is 308 g/mol. The molecule has 0 aliphatic rings. The molecule has 2 N–H and O–H groups in total. The first-order valence-electron chi connectivity index (χ1n) is 8.36.